The van der Waals surface area contributed by atoms with Crippen LogP contribution in [0.3, 0.4) is 0 Å². The Morgan fingerprint density at radius 3 is 2.60 bits per heavy atom. The summed E-state index contributed by atoms with van der Waals surface area (Å²) in [6, 6.07) is -0.412. The Morgan fingerprint density at radius 1 is 1.60 bits per heavy atom. The predicted molar refractivity (Wildman–Crippen MR) is 65.9 cm³/mol. The van der Waals surface area contributed by atoms with Gasteiger partial charge in [0, 0.05) is 23.6 Å². The summed E-state index contributed by atoms with van der Waals surface area (Å²) >= 11 is 1.93. The number of thioether (sulfide) groups is 1. The second-order valence-corrected chi connectivity index (χ2v) is 6.01. The first-order valence-electron chi connectivity index (χ1n) is 5.35. The zero-order valence-electron chi connectivity index (χ0n) is 9.48. The monoisotopic (exact) mass is 228 g/mol. The van der Waals surface area contributed by atoms with Gasteiger partial charge in [-0.2, -0.15) is 11.8 Å². The summed E-state index contributed by atoms with van der Waals surface area (Å²) in [6.45, 7) is 9.54. The Balaban J connectivity index is 2.54. The number of hydrogen-bond acceptors (Lipinski definition) is 3. The van der Waals surface area contributed by atoms with Crippen LogP contribution >= 0.6 is 11.8 Å². The zero-order chi connectivity index (χ0) is 11.4. The van der Waals surface area contributed by atoms with E-state index >= 15 is 0 Å². The quantitative estimate of drug-likeness (QED) is 0.739. The SMILES string of the molecule is C=CCC(N)C(=O)N1CC(C)SC(C)C1. The molecule has 0 spiro atoms. The lowest BCUT2D eigenvalue weighted by molar-refractivity contribution is -0.132. The van der Waals surface area contributed by atoms with Crippen molar-refractivity contribution in [3.8, 4) is 0 Å². The molecule has 0 saturated carbocycles. The highest BCUT2D eigenvalue weighted by Gasteiger charge is 2.28. The van der Waals surface area contributed by atoms with Crippen molar-refractivity contribution in [1.29, 1.82) is 0 Å². The summed E-state index contributed by atoms with van der Waals surface area (Å²) in [5, 5.41) is 1.02. The van der Waals surface area contributed by atoms with Crippen LogP contribution in [0.2, 0.25) is 0 Å². The third kappa shape index (κ3) is 3.54. The van der Waals surface area contributed by atoms with Crippen LogP contribution in [0, 0.1) is 0 Å². The summed E-state index contributed by atoms with van der Waals surface area (Å²) < 4.78 is 0. The number of rotatable bonds is 3. The Morgan fingerprint density at radius 2 is 2.13 bits per heavy atom. The number of hydrogen-bond donors (Lipinski definition) is 1. The largest absolute Gasteiger partial charge is 0.339 e. The van der Waals surface area contributed by atoms with E-state index in [-0.39, 0.29) is 5.91 Å². The third-order valence-corrected chi connectivity index (χ3v) is 3.70. The van der Waals surface area contributed by atoms with E-state index < -0.39 is 6.04 Å². The second kappa shape index (κ2) is 5.56. The highest BCUT2D eigenvalue weighted by atomic mass is 32.2. The maximum Gasteiger partial charge on any atom is 0.239 e. The average molecular weight is 228 g/mol. The van der Waals surface area contributed by atoms with E-state index in [0.717, 1.165) is 13.1 Å². The van der Waals surface area contributed by atoms with Crippen molar-refractivity contribution in [1.82, 2.24) is 4.90 Å². The minimum absolute atomic E-state index is 0.0638. The van der Waals surface area contributed by atoms with Crippen molar-refractivity contribution >= 4 is 17.7 Å². The van der Waals surface area contributed by atoms with E-state index in [9.17, 15) is 4.79 Å². The first-order chi connectivity index (χ1) is 7.04. The molecule has 1 aliphatic rings. The maximum absolute atomic E-state index is 11.9. The lowest BCUT2D eigenvalue weighted by atomic mass is 10.2. The van der Waals surface area contributed by atoms with Crippen LogP contribution in [0.25, 0.3) is 0 Å². The van der Waals surface area contributed by atoms with Gasteiger partial charge < -0.3 is 10.6 Å². The lowest BCUT2D eigenvalue weighted by Gasteiger charge is -2.35. The van der Waals surface area contributed by atoms with Gasteiger partial charge in [-0.3, -0.25) is 4.79 Å². The van der Waals surface area contributed by atoms with Gasteiger partial charge >= 0.3 is 0 Å². The highest BCUT2D eigenvalue weighted by molar-refractivity contribution is 8.00. The maximum atomic E-state index is 11.9. The molecule has 3 unspecified atom stereocenters. The molecule has 1 aliphatic heterocycles. The Hall–Kier alpha value is -0.480. The van der Waals surface area contributed by atoms with Crippen molar-refractivity contribution < 1.29 is 4.79 Å². The molecule has 0 aromatic carbocycles. The Kier molecular flexibility index (Phi) is 4.67. The van der Waals surface area contributed by atoms with Crippen LogP contribution in [0.4, 0.5) is 0 Å². The van der Waals surface area contributed by atoms with Gasteiger partial charge in [-0.15, -0.1) is 6.58 Å². The second-order valence-electron chi connectivity index (χ2n) is 4.13. The first kappa shape index (κ1) is 12.6. The molecule has 0 bridgehead atoms. The number of amides is 1. The molecule has 1 rings (SSSR count). The number of nitrogens with two attached hydrogens (primary N) is 1. The minimum Gasteiger partial charge on any atom is -0.339 e. The van der Waals surface area contributed by atoms with Gasteiger partial charge in [-0.25, -0.2) is 0 Å². The van der Waals surface area contributed by atoms with Crippen molar-refractivity contribution in [2.24, 2.45) is 5.73 Å². The standard InChI is InChI=1S/C11H20N2OS/c1-4-5-10(12)11(14)13-6-8(2)15-9(3)7-13/h4,8-10H,1,5-7,12H2,2-3H3. The molecule has 4 heteroatoms. The van der Waals surface area contributed by atoms with E-state index in [1.807, 2.05) is 16.7 Å². The topological polar surface area (TPSA) is 46.3 Å². The molecule has 0 aromatic heterocycles. The predicted octanol–water partition coefficient (Wildman–Crippen LogP) is 1.24. The molecule has 1 saturated heterocycles. The number of carbonyl (C=O) groups is 1. The summed E-state index contributed by atoms with van der Waals surface area (Å²) in [5.74, 6) is 0.0638. The fraction of sp³-hybridized carbons (Fsp3) is 0.727. The normalized spacial score (nSPS) is 28.6. The van der Waals surface area contributed by atoms with Gasteiger partial charge in [0.05, 0.1) is 6.04 Å². The minimum atomic E-state index is -0.412. The summed E-state index contributed by atoms with van der Waals surface area (Å²) in [5.41, 5.74) is 5.78. The molecule has 3 atom stereocenters. The van der Waals surface area contributed by atoms with E-state index in [2.05, 4.69) is 20.4 Å². The molecule has 1 amide bonds. The highest BCUT2D eigenvalue weighted by Crippen LogP contribution is 2.24. The molecule has 3 nitrogen and oxygen atoms in total. The van der Waals surface area contributed by atoms with E-state index in [1.165, 1.54) is 0 Å². The van der Waals surface area contributed by atoms with E-state index in [1.54, 1.807) is 6.08 Å². The van der Waals surface area contributed by atoms with Crippen LogP contribution in [-0.2, 0) is 4.79 Å². The van der Waals surface area contributed by atoms with Gasteiger partial charge in [-0.05, 0) is 6.42 Å². The van der Waals surface area contributed by atoms with Crippen LogP contribution in [0.15, 0.2) is 12.7 Å². The van der Waals surface area contributed by atoms with Gasteiger partial charge in [0.15, 0.2) is 0 Å². The Bertz CT molecular complexity index is 235. The molecule has 1 fully saturated rings. The van der Waals surface area contributed by atoms with Gasteiger partial charge in [0.1, 0.15) is 0 Å². The number of carbonyl (C=O) groups excluding carboxylic acids is 1. The van der Waals surface area contributed by atoms with Crippen molar-refractivity contribution in [2.45, 2.75) is 36.8 Å². The number of nitrogens with zero attached hydrogens (tertiary/aromatic N) is 1. The molecule has 86 valence electrons. The molecule has 0 radical (unpaired) electrons. The molecular weight excluding hydrogens is 208 g/mol. The van der Waals surface area contributed by atoms with Crippen molar-refractivity contribution in [3.63, 3.8) is 0 Å². The van der Waals surface area contributed by atoms with Gasteiger partial charge in [0.2, 0.25) is 5.91 Å². The fourth-order valence-corrected chi connectivity index (χ4v) is 3.20. The van der Waals surface area contributed by atoms with Crippen molar-refractivity contribution in [2.75, 3.05) is 13.1 Å². The van der Waals surface area contributed by atoms with Crippen LogP contribution in [-0.4, -0.2) is 40.4 Å². The molecular formula is C11H20N2OS. The molecule has 0 aliphatic carbocycles. The summed E-state index contributed by atoms with van der Waals surface area (Å²) in [7, 11) is 0. The lowest BCUT2D eigenvalue weighted by Crippen LogP contribution is -2.50. The van der Waals surface area contributed by atoms with E-state index in [4.69, 9.17) is 5.73 Å². The molecule has 1 heterocycles. The van der Waals surface area contributed by atoms with Crippen LogP contribution < -0.4 is 5.73 Å². The molecule has 0 aromatic rings. The van der Waals surface area contributed by atoms with Gasteiger partial charge in [-0.1, -0.05) is 19.9 Å². The third-order valence-electron chi connectivity index (χ3n) is 2.47. The van der Waals surface area contributed by atoms with Gasteiger partial charge in [0.25, 0.3) is 0 Å². The Labute approximate surface area is 96.1 Å². The molecule has 2 N–H and O–H groups in total. The first-order valence-corrected chi connectivity index (χ1v) is 6.29. The van der Waals surface area contributed by atoms with E-state index in [0.29, 0.717) is 16.9 Å². The molecule has 15 heavy (non-hydrogen) atoms. The smallest absolute Gasteiger partial charge is 0.239 e. The average Bonchev–Trinajstić information content (AvgIpc) is 2.15. The zero-order valence-corrected chi connectivity index (χ0v) is 10.3. The summed E-state index contributed by atoms with van der Waals surface area (Å²) in [4.78, 5) is 13.8. The fourth-order valence-electron chi connectivity index (χ4n) is 1.87. The van der Waals surface area contributed by atoms with Crippen LogP contribution in [0.5, 0.6) is 0 Å². The van der Waals surface area contributed by atoms with Crippen molar-refractivity contribution in [3.05, 3.63) is 12.7 Å². The van der Waals surface area contributed by atoms with Crippen LogP contribution in [0.1, 0.15) is 20.3 Å². The summed E-state index contributed by atoms with van der Waals surface area (Å²) in [6.07, 6.45) is 2.26.